The second-order valence-corrected chi connectivity index (χ2v) is 5.75. The van der Waals surface area contributed by atoms with Gasteiger partial charge in [-0.05, 0) is 31.5 Å². The molecule has 0 bridgehead atoms. The molecule has 0 aliphatic heterocycles. The average Bonchev–Trinajstić information content (AvgIpc) is 2.19. The van der Waals surface area contributed by atoms with E-state index in [1.807, 2.05) is 0 Å². The highest BCUT2D eigenvalue weighted by atomic mass is 35.5. The second kappa shape index (κ2) is 5.29. The third-order valence-electron chi connectivity index (χ3n) is 1.89. The van der Waals surface area contributed by atoms with Gasteiger partial charge in [-0.2, -0.15) is 0 Å². The Morgan fingerprint density at radius 1 is 1.35 bits per heavy atom. The van der Waals surface area contributed by atoms with Crippen molar-refractivity contribution in [3.8, 4) is 0 Å². The number of benzene rings is 1. The predicted molar refractivity (Wildman–Crippen MR) is 61.4 cm³/mol. The third-order valence-corrected chi connectivity index (χ3v) is 3.86. The molecule has 0 spiro atoms. The molecule has 3 nitrogen and oxygen atoms in total. The third kappa shape index (κ3) is 3.37. The number of nitrogens with one attached hydrogen (secondary N) is 1. The summed E-state index contributed by atoms with van der Waals surface area (Å²) in [5.74, 6) is -2.72. The maximum Gasteiger partial charge on any atom is 0.243 e. The van der Waals surface area contributed by atoms with E-state index in [0.717, 1.165) is 12.1 Å². The number of halogens is 3. The summed E-state index contributed by atoms with van der Waals surface area (Å²) >= 11 is 5.47. The average molecular weight is 284 g/mol. The van der Waals surface area contributed by atoms with Crippen LogP contribution in [0.1, 0.15) is 19.4 Å². The lowest BCUT2D eigenvalue weighted by Crippen LogP contribution is -2.31. The Labute approximate surface area is 104 Å². The van der Waals surface area contributed by atoms with E-state index >= 15 is 0 Å². The van der Waals surface area contributed by atoms with Crippen LogP contribution in [0.5, 0.6) is 0 Å². The molecule has 0 aliphatic carbocycles. The van der Waals surface area contributed by atoms with Crippen molar-refractivity contribution >= 4 is 21.6 Å². The molecule has 1 rings (SSSR count). The fraction of sp³-hybridized carbons (Fsp3) is 0.400. The van der Waals surface area contributed by atoms with Crippen molar-refractivity contribution in [2.24, 2.45) is 0 Å². The topological polar surface area (TPSA) is 46.2 Å². The number of alkyl halides is 1. The lowest BCUT2D eigenvalue weighted by Gasteiger charge is -2.11. The van der Waals surface area contributed by atoms with Gasteiger partial charge in [0.15, 0.2) is 11.6 Å². The molecule has 0 amide bonds. The number of hydrogen-bond donors (Lipinski definition) is 1. The summed E-state index contributed by atoms with van der Waals surface area (Å²) in [7, 11) is -4.07. The van der Waals surface area contributed by atoms with Gasteiger partial charge >= 0.3 is 0 Å². The van der Waals surface area contributed by atoms with Crippen molar-refractivity contribution in [2.45, 2.75) is 30.7 Å². The molecule has 1 aromatic rings. The molecule has 17 heavy (non-hydrogen) atoms. The monoisotopic (exact) mass is 283 g/mol. The molecule has 0 saturated carbocycles. The van der Waals surface area contributed by atoms with E-state index < -0.39 is 32.6 Å². The van der Waals surface area contributed by atoms with Crippen molar-refractivity contribution in [2.75, 3.05) is 0 Å². The van der Waals surface area contributed by atoms with Crippen LogP contribution in [0.2, 0.25) is 0 Å². The summed E-state index contributed by atoms with van der Waals surface area (Å²) in [5, 5.41) is 0. The number of rotatable bonds is 4. The van der Waals surface area contributed by atoms with Crippen LogP contribution in [-0.2, 0) is 15.9 Å². The maximum atomic E-state index is 13.4. The Morgan fingerprint density at radius 3 is 2.41 bits per heavy atom. The van der Waals surface area contributed by atoms with Crippen molar-refractivity contribution < 1.29 is 17.2 Å². The zero-order valence-electron chi connectivity index (χ0n) is 9.30. The van der Waals surface area contributed by atoms with Gasteiger partial charge in [0.2, 0.25) is 10.0 Å². The summed E-state index contributed by atoms with van der Waals surface area (Å²) in [5.41, 5.74) is 0.203. The molecule has 96 valence electrons. The fourth-order valence-corrected chi connectivity index (χ4v) is 2.81. The molecule has 0 aromatic heterocycles. The summed E-state index contributed by atoms with van der Waals surface area (Å²) in [6.45, 7) is 3.16. The fourth-order valence-electron chi connectivity index (χ4n) is 1.26. The van der Waals surface area contributed by atoms with Gasteiger partial charge in [-0.1, -0.05) is 0 Å². The highest BCUT2D eigenvalue weighted by Gasteiger charge is 2.23. The Kier molecular flexibility index (Phi) is 4.46. The lowest BCUT2D eigenvalue weighted by molar-refractivity contribution is 0.481. The minimum Gasteiger partial charge on any atom is -0.209 e. The second-order valence-electron chi connectivity index (χ2n) is 3.80. The first kappa shape index (κ1) is 14.3. The summed E-state index contributed by atoms with van der Waals surface area (Å²) in [6.07, 6.45) is 0. The molecule has 7 heteroatoms. The molecule has 0 radical (unpaired) electrons. The molecule has 1 N–H and O–H groups in total. The number of sulfonamides is 1. The van der Waals surface area contributed by atoms with Crippen LogP contribution in [0.15, 0.2) is 17.0 Å². The summed E-state index contributed by atoms with van der Waals surface area (Å²) < 4.78 is 52.2. The van der Waals surface area contributed by atoms with Crippen LogP contribution < -0.4 is 4.72 Å². The van der Waals surface area contributed by atoms with Crippen LogP contribution >= 0.6 is 11.6 Å². The zero-order valence-corrected chi connectivity index (χ0v) is 10.9. The van der Waals surface area contributed by atoms with E-state index in [0.29, 0.717) is 0 Å². The first-order valence-corrected chi connectivity index (χ1v) is 6.86. The normalized spacial score (nSPS) is 12.1. The van der Waals surface area contributed by atoms with E-state index in [1.54, 1.807) is 13.8 Å². The molecule has 0 unspecified atom stereocenters. The molecule has 0 aliphatic rings. The molecule has 0 atom stereocenters. The van der Waals surface area contributed by atoms with Crippen molar-refractivity contribution in [1.29, 1.82) is 0 Å². The Bertz CT molecular complexity index is 517. The van der Waals surface area contributed by atoms with Crippen molar-refractivity contribution in [1.82, 2.24) is 4.72 Å². The van der Waals surface area contributed by atoms with Crippen LogP contribution in [-0.4, -0.2) is 14.5 Å². The minimum absolute atomic E-state index is 0.0958. The molecule has 0 heterocycles. The van der Waals surface area contributed by atoms with E-state index in [1.165, 1.54) is 0 Å². The Hall–Kier alpha value is -0.720. The predicted octanol–water partition coefficient (Wildman–Crippen LogP) is 2.39. The van der Waals surface area contributed by atoms with Gasteiger partial charge in [0.05, 0.1) is 0 Å². The van der Waals surface area contributed by atoms with E-state index in [9.17, 15) is 17.2 Å². The standard InChI is InChI=1S/C10H12ClF2NO2S/c1-6(2)14-17(15,16)9-4-7(5-11)3-8(12)10(9)13/h3-4,6,14H,5H2,1-2H3. The van der Waals surface area contributed by atoms with Gasteiger partial charge < -0.3 is 0 Å². The van der Waals surface area contributed by atoms with Crippen molar-refractivity contribution in [3.63, 3.8) is 0 Å². The van der Waals surface area contributed by atoms with Crippen LogP contribution in [0, 0.1) is 11.6 Å². The Balaban J connectivity index is 3.35. The van der Waals surface area contributed by atoms with E-state index in [-0.39, 0.29) is 11.4 Å². The van der Waals surface area contributed by atoms with Gasteiger partial charge in [0, 0.05) is 11.9 Å². The SMILES string of the molecule is CC(C)NS(=O)(=O)c1cc(CCl)cc(F)c1F. The quantitative estimate of drug-likeness (QED) is 0.863. The van der Waals surface area contributed by atoms with Crippen molar-refractivity contribution in [3.05, 3.63) is 29.3 Å². The van der Waals surface area contributed by atoms with Gasteiger partial charge in [0.25, 0.3) is 0 Å². The smallest absolute Gasteiger partial charge is 0.209 e. The molecular formula is C10H12ClF2NO2S. The highest BCUT2D eigenvalue weighted by molar-refractivity contribution is 7.89. The largest absolute Gasteiger partial charge is 0.243 e. The molecule has 0 fully saturated rings. The molecule has 1 aromatic carbocycles. The summed E-state index contributed by atoms with van der Waals surface area (Å²) in [4.78, 5) is -0.721. The molecular weight excluding hydrogens is 272 g/mol. The maximum absolute atomic E-state index is 13.4. The first-order chi connectivity index (χ1) is 7.77. The van der Waals surface area contributed by atoms with E-state index in [2.05, 4.69) is 4.72 Å². The van der Waals surface area contributed by atoms with Crippen LogP contribution in [0.4, 0.5) is 8.78 Å². The highest BCUT2D eigenvalue weighted by Crippen LogP contribution is 2.21. The van der Waals surface area contributed by atoms with Gasteiger partial charge in [-0.15, -0.1) is 11.6 Å². The number of hydrogen-bond acceptors (Lipinski definition) is 2. The first-order valence-electron chi connectivity index (χ1n) is 4.84. The van der Waals surface area contributed by atoms with Crippen LogP contribution in [0.3, 0.4) is 0 Å². The van der Waals surface area contributed by atoms with Crippen LogP contribution in [0.25, 0.3) is 0 Å². The van der Waals surface area contributed by atoms with Gasteiger partial charge in [-0.3, -0.25) is 0 Å². The van der Waals surface area contributed by atoms with Gasteiger partial charge in [-0.25, -0.2) is 21.9 Å². The zero-order chi connectivity index (χ0) is 13.2. The van der Waals surface area contributed by atoms with E-state index in [4.69, 9.17) is 11.6 Å². The Morgan fingerprint density at radius 2 is 1.94 bits per heavy atom. The van der Waals surface area contributed by atoms with Gasteiger partial charge in [0.1, 0.15) is 4.90 Å². The molecule has 0 saturated heterocycles. The lowest BCUT2D eigenvalue weighted by atomic mass is 10.2. The minimum atomic E-state index is -4.07. The summed E-state index contributed by atoms with van der Waals surface area (Å²) in [6, 6.07) is 1.48.